The molecule has 0 atom stereocenters. The standard InChI is InChI=1S/C21H24FN3O/c22-19-3-1-2-18(12-19)14-24-10-6-21(7-11-24)13-20(26)25(16-21)15-17-4-8-23-9-5-17/h1-5,8-9,12H,6-7,10-11,13-16H2. The van der Waals surface area contributed by atoms with Gasteiger partial charge >= 0.3 is 0 Å². The minimum absolute atomic E-state index is 0.114. The number of carbonyl (C=O) groups is 1. The van der Waals surface area contributed by atoms with Crippen LogP contribution < -0.4 is 0 Å². The Bertz CT molecular complexity index is 772. The summed E-state index contributed by atoms with van der Waals surface area (Å²) in [4.78, 5) is 20.9. The summed E-state index contributed by atoms with van der Waals surface area (Å²) in [5.41, 5.74) is 2.26. The average Bonchev–Trinajstić information content (AvgIpc) is 2.93. The van der Waals surface area contributed by atoms with Crippen LogP contribution in [-0.4, -0.2) is 40.3 Å². The molecule has 5 heteroatoms. The Balaban J connectivity index is 1.34. The molecule has 0 N–H and O–H groups in total. The molecule has 4 nitrogen and oxygen atoms in total. The first-order valence-corrected chi connectivity index (χ1v) is 9.25. The largest absolute Gasteiger partial charge is 0.338 e. The maximum absolute atomic E-state index is 13.4. The van der Waals surface area contributed by atoms with Gasteiger partial charge in [0.05, 0.1) is 0 Å². The molecule has 3 heterocycles. The molecule has 0 unspecified atom stereocenters. The molecule has 0 radical (unpaired) electrons. The first-order chi connectivity index (χ1) is 12.6. The van der Waals surface area contributed by atoms with Crippen molar-refractivity contribution >= 4 is 5.91 Å². The maximum atomic E-state index is 13.4. The molecule has 1 amide bonds. The molecule has 2 aliphatic rings. The molecule has 1 spiro atoms. The van der Waals surface area contributed by atoms with Crippen LogP contribution in [0.15, 0.2) is 48.8 Å². The van der Waals surface area contributed by atoms with E-state index in [4.69, 9.17) is 0 Å². The molecule has 26 heavy (non-hydrogen) atoms. The van der Waals surface area contributed by atoms with Gasteiger partial charge in [-0.05, 0) is 66.7 Å². The number of rotatable bonds is 4. The van der Waals surface area contributed by atoms with E-state index in [1.807, 2.05) is 23.1 Å². The van der Waals surface area contributed by atoms with Gasteiger partial charge in [0.1, 0.15) is 5.82 Å². The quantitative estimate of drug-likeness (QED) is 0.847. The Morgan fingerprint density at radius 2 is 1.81 bits per heavy atom. The second kappa shape index (κ2) is 7.16. The van der Waals surface area contributed by atoms with Crippen molar-refractivity contribution in [1.29, 1.82) is 0 Å². The van der Waals surface area contributed by atoms with Crippen molar-refractivity contribution in [3.05, 3.63) is 65.7 Å². The van der Waals surface area contributed by atoms with Gasteiger partial charge in [-0.2, -0.15) is 0 Å². The molecule has 2 fully saturated rings. The highest BCUT2D eigenvalue weighted by Crippen LogP contribution is 2.41. The van der Waals surface area contributed by atoms with E-state index in [9.17, 15) is 9.18 Å². The molecule has 0 bridgehead atoms. The van der Waals surface area contributed by atoms with Crippen LogP contribution in [0.1, 0.15) is 30.4 Å². The Hall–Kier alpha value is -2.27. The zero-order valence-corrected chi connectivity index (χ0v) is 14.9. The Morgan fingerprint density at radius 1 is 1.04 bits per heavy atom. The van der Waals surface area contributed by atoms with Gasteiger partial charge in [0, 0.05) is 38.4 Å². The van der Waals surface area contributed by atoms with Gasteiger partial charge in [0.15, 0.2) is 0 Å². The number of likely N-dealkylation sites (tertiary alicyclic amines) is 2. The highest BCUT2D eigenvalue weighted by molar-refractivity contribution is 5.79. The number of piperidine rings is 1. The van der Waals surface area contributed by atoms with E-state index in [1.165, 1.54) is 6.07 Å². The maximum Gasteiger partial charge on any atom is 0.223 e. The van der Waals surface area contributed by atoms with Crippen molar-refractivity contribution in [1.82, 2.24) is 14.8 Å². The smallest absolute Gasteiger partial charge is 0.223 e. The van der Waals surface area contributed by atoms with Crippen LogP contribution in [0.2, 0.25) is 0 Å². The topological polar surface area (TPSA) is 36.4 Å². The molecule has 1 aromatic carbocycles. The summed E-state index contributed by atoms with van der Waals surface area (Å²) in [5, 5.41) is 0. The molecular weight excluding hydrogens is 329 g/mol. The zero-order chi connectivity index (χ0) is 18.0. The predicted molar refractivity (Wildman–Crippen MR) is 97.6 cm³/mol. The number of amides is 1. The number of carbonyl (C=O) groups excluding carboxylic acids is 1. The normalized spacial score (nSPS) is 20.0. The van der Waals surface area contributed by atoms with Gasteiger partial charge in [-0.3, -0.25) is 14.7 Å². The van der Waals surface area contributed by atoms with Crippen molar-refractivity contribution < 1.29 is 9.18 Å². The molecule has 4 rings (SSSR count). The third kappa shape index (κ3) is 3.78. The fraction of sp³-hybridized carbons (Fsp3) is 0.429. The minimum Gasteiger partial charge on any atom is -0.338 e. The number of nitrogens with zero attached hydrogens (tertiary/aromatic N) is 3. The van der Waals surface area contributed by atoms with Gasteiger partial charge in [0.25, 0.3) is 0 Å². The number of hydrogen-bond donors (Lipinski definition) is 0. The van der Waals surface area contributed by atoms with E-state index >= 15 is 0 Å². The van der Waals surface area contributed by atoms with E-state index in [0.29, 0.717) is 13.0 Å². The Morgan fingerprint density at radius 3 is 2.54 bits per heavy atom. The molecule has 2 aliphatic heterocycles. The molecule has 1 aromatic heterocycles. The lowest BCUT2D eigenvalue weighted by atomic mass is 9.77. The second-order valence-electron chi connectivity index (χ2n) is 7.69. The van der Waals surface area contributed by atoms with Crippen LogP contribution >= 0.6 is 0 Å². The number of hydrogen-bond acceptors (Lipinski definition) is 3. The van der Waals surface area contributed by atoms with Gasteiger partial charge in [-0.25, -0.2) is 4.39 Å². The molecule has 2 saturated heterocycles. The summed E-state index contributed by atoms with van der Waals surface area (Å²) >= 11 is 0. The molecular formula is C21H24FN3O. The lowest BCUT2D eigenvalue weighted by Crippen LogP contribution is -2.41. The second-order valence-corrected chi connectivity index (χ2v) is 7.69. The Kier molecular flexibility index (Phi) is 4.72. The number of benzene rings is 1. The van der Waals surface area contributed by atoms with Crippen molar-refractivity contribution in [3.8, 4) is 0 Å². The van der Waals surface area contributed by atoms with Gasteiger partial charge in [-0.15, -0.1) is 0 Å². The summed E-state index contributed by atoms with van der Waals surface area (Å²) in [6, 6.07) is 10.8. The van der Waals surface area contributed by atoms with Gasteiger partial charge in [-0.1, -0.05) is 12.1 Å². The van der Waals surface area contributed by atoms with Crippen molar-refractivity contribution in [3.63, 3.8) is 0 Å². The van der Waals surface area contributed by atoms with Gasteiger partial charge in [0.2, 0.25) is 5.91 Å². The van der Waals surface area contributed by atoms with Crippen LogP contribution in [0.5, 0.6) is 0 Å². The molecule has 0 saturated carbocycles. The third-order valence-corrected chi connectivity index (χ3v) is 5.74. The number of halogens is 1. The first kappa shape index (κ1) is 17.2. The lowest BCUT2D eigenvalue weighted by Gasteiger charge is -2.38. The third-order valence-electron chi connectivity index (χ3n) is 5.74. The summed E-state index contributed by atoms with van der Waals surface area (Å²) < 4.78 is 13.4. The first-order valence-electron chi connectivity index (χ1n) is 9.25. The summed E-state index contributed by atoms with van der Waals surface area (Å²) in [6.45, 7) is 4.24. The minimum atomic E-state index is -0.177. The highest BCUT2D eigenvalue weighted by Gasteiger charge is 2.44. The average molecular weight is 353 g/mol. The van der Waals surface area contributed by atoms with E-state index < -0.39 is 0 Å². The summed E-state index contributed by atoms with van der Waals surface area (Å²) in [5.74, 6) is 0.0875. The summed E-state index contributed by atoms with van der Waals surface area (Å²) in [7, 11) is 0. The molecule has 2 aromatic rings. The van der Waals surface area contributed by atoms with E-state index in [0.717, 1.165) is 50.1 Å². The van der Waals surface area contributed by atoms with E-state index in [2.05, 4.69) is 9.88 Å². The number of pyridine rings is 1. The predicted octanol–water partition coefficient (Wildman–Crippen LogP) is 3.24. The molecule has 0 aliphatic carbocycles. The van der Waals surface area contributed by atoms with Crippen LogP contribution in [0, 0.1) is 11.2 Å². The Labute approximate surface area is 153 Å². The fourth-order valence-electron chi connectivity index (χ4n) is 4.25. The summed E-state index contributed by atoms with van der Waals surface area (Å²) in [6.07, 6.45) is 6.26. The van der Waals surface area contributed by atoms with Crippen LogP contribution in [0.4, 0.5) is 4.39 Å². The van der Waals surface area contributed by atoms with Crippen LogP contribution in [0.25, 0.3) is 0 Å². The van der Waals surface area contributed by atoms with Crippen LogP contribution in [0.3, 0.4) is 0 Å². The highest BCUT2D eigenvalue weighted by atomic mass is 19.1. The van der Waals surface area contributed by atoms with E-state index in [-0.39, 0.29) is 17.1 Å². The monoisotopic (exact) mass is 353 g/mol. The van der Waals surface area contributed by atoms with Crippen molar-refractivity contribution in [2.24, 2.45) is 5.41 Å². The van der Waals surface area contributed by atoms with Gasteiger partial charge < -0.3 is 4.90 Å². The van der Waals surface area contributed by atoms with Crippen LogP contribution in [-0.2, 0) is 17.9 Å². The molecule has 136 valence electrons. The lowest BCUT2D eigenvalue weighted by molar-refractivity contribution is -0.128. The van der Waals surface area contributed by atoms with Crippen molar-refractivity contribution in [2.45, 2.75) is 32.4 Å². The zero-order valence-electron chi connectivity index (χ0n) is 14.9. The number of aromatic nitrogens is 1. The van der Waals surface area contributed by atoms with Crippen molar-refractivity contribution in [2.75, 3.05) is 19.6 Å². The SMILES string of the molecule is O=C1CC2(CCN(Cc3cccc(F)c3)CC2)CN1Cc1ccncc1. The fourth-order valence-corrected chi connectivity index (χ4v) is 4.25. The van der Waals surface area contributed by atoms with E-state index in [1.54, 1.807) is 24.5 Å².